The number of Topliss-reactive ketones (excluding diaryl/α,β-unsaturated/α-hetero) is 1. The van der Waals surface area contributed by atoms with E-state index in [9.17, 15) is 9.59 Å². The van der Waals surface area contributed by atoms with Crippen molar-refractivity contribution in [2.75, 3.05) is 0 Å². The zero-order valence-electron chi connectivity index (χ0n) is 15.1. The Morgan fingerprint density at radius 3 is 1.81 bits per heavy atom. The fourth-order valence-electron chi connectivity index (χ4n) is 1.64. The molecule has 0 aliphatic carbocycles. The first kappa shape index (κ1) is 20.3. The molecule has 0 radical (unpaired) electrons. The molecular weight excluding hydrogens is 284 g/mol. The number of ketones is 1. The van der Waals surface area contributed by atoms with E-state index in [4.69, 9.17) is 9.16 Å². The molecule has 0 fully saturated rings. The molecule has 0 aromatic carbocycles. The second kappa shape index (κ2) is 7.05. The number of hydrogen-bond donors (Lipinski definition) is 0. The summed E-state index contributed by atoms with van der Waals surface area (Å²) in [5, 5.41) is 0.0377. The van der Waals surface area contributed by atoms with Crippen molar-refractivity contribution in [1.29, 1.82) is 0 Å². The number of hydrogen-bond acceptors (Lipinski definition) is 4. The minimum Gasteiger partial charge on any atom is -0.460 e. The monoisotopic (exact) mass is 316 g/mol. The molecule has 0 aliphatic heterocycles. The standard InChI is InChI=1S/C16H32O4Si/c1-12(17)10-13(11-14(18)19-15(2,3)4)20-21(8,9)16(5,6)7/h13H,10-11H2,1-9H3. The largest absolute Gasteiger partial charge is 0.460 e. The Hall–Kier alpha value is -0.683. The summed E-state index contributed by atoms with van der Waals surface area (Å²) in [4.78, 5) is 23.4. The first-order valence-electron chi connectivity index (χ1n) is 7.53. The van der Waals surface area contributed by atoms with Crippen LogP contribution in [0.25, 0.3) is 0 Å². The average Bonchev–Trinajstić information content (AvgIpc) is 2.08. The number of esters is 1. The van der Waals surface area contributed by atoms with Crippen LogP contribution in [0, 0.1) is 0 Å². The maximum atomic E-state index is 12.0. The first-order chi connectivity index (χ1) is 9.14. The molecule has 0 aromatic rings. The van der Waals surface area contributed by atoms with Gasteiger partial charge in [-0.2, -0.15) is 0 Å². The van der Waals surface area contributed by atoms with E-state index in [0.717, 1.165) is 0 Å². The van der Waals surface area contributed by atoms with Gasteiger partial charge in [0.1, 0.15) is 11.4 Å². The van der Waals surface area contributed by atoms with Crippen LogP contribution in [-0.4, -0.2) is 31.8 Å². The van der Waals surface area contributed by atoms with Crippen LogP contribution in [0.2, 0.25) is 18.1 Å². The third kappa shape index (κ3) is 8.36. The van der Waals surface area contributed by atoms with Crippen molar-refractivity contribution in [3.8, 4) is 0 Å². The highest BCUT2D eigenvalue weighted by Crippen LogP contribution is 2.38. The van der Waals surface area contributed by atoms with E-state index in [1.165, 1.54) is 6.92 Å². The molecule has 0 heterocycles. The summed E-state index contributed by atoms with van der Waals surface area (Å²) in [5.74, 6) is -0.283. The van der Waals surface area contributed by atoms with Crippen molar-refractivity contribution in [3.05, 3.63) is 0 Å². The molecule has 5 heteroatoms. The predicted molar refractivity (Wildman–Crippen MR) is 87.8 cm³/mol. The molecule has 0 saturated heterocycles. The highest BCUT2D eigenvalue weighted by Gasteiger charge is 2.40. The van der Waals surface area contributed by atoms with Gasteiger partial charge in [0.2, 0.25) is 0 Å². The lowest BCUT2D eigenvalue weighted by atomic mass is 10.1. The number of ether oxygens (including phenoxy) is 1. The van der Waals surface area contributed by atoms with Gasteiger partial charge in [-0.3, -0.25) is 9.59 Å². The lowest BCUT2D eigenvalue weighted by Gasteiger charge is -2.39. The molecule has 1 atom stereocenters. The Morgan fingerprint density at radius 2 is 1.48 bits per heavy atom. The van der Waals surface area contributed by atoms with Gasteiger partial charge in [0.25, 0.3) is 0 Å². The highest BCUT2D eigenvalue weighted by atomic mass is 28.4. The fraction of sp³-hybridized carbons (Fsp3) is 0.875. The number of carbonyl (C=O) groups excluding carboxylic acids is 2. The summed E-state index contributed by atoms with van der Waals surface area (Å²) in [5.41, 5.74) is -0.519. The minimum atomic E-state index is -2.02. The van der Waals surface area contributed by atoms with Crippen molar-refractivity contribution in [2.45, 2.75) is 91.1 Å². The van der Waals surface area contributed by atoms with Crippen molar-refractivity contribution < 1.29 is 18.8 Å². The van der Waals surface area contributed by atoms with E-state index >= 15 is 0 Å². The zero-order chi connectivity index (χ0) is 17.1. The lowest BCUT2D eigenvalue weighted by Crippen LogP contribution is -2.45. The molecule has 0 amide bonds. The molecule has 21 heavy (non-hydrogen) atoms. The van der Waals surface area contributed by atoms with Crippen molar-refractivity contribution in [3.63, 3.8) is 0 Å². The van der Waals surface area contributed by atoms with Crippen LogP contribution in [0.4, 0.5) is 0 Å². The molecule has 0 aliphatic rings. The van der Waals surface area contributed by atoms with Gasteiger partial charge >= 0.3 is 5.97 Å². The Kier molecular flexibility index (Phi) is 6.82. The summed E-state index contributed by atoms with van der Waals surface area (Å²) in [6, 6.07) is 0. The van der Waals surface area contributed by atoms with Crippen molar-refractivity contribution in [1.82, 2.24) is 0 Å². The SMILES string of the molecule is CC(=O)CC(CC(=O)OC(C)(C)C)O[Si](C)(C)C(C)(C)C. The van der Waals surface area contributed by atoms with Crippen molar-refractivity contribution in [2.24, 2.45) is 0 Å². The van der Waals surface area contributed by atoms with Gasteiger partial charge in [0.05, 0.1) is 12.5 Å². The average molecular weight is 317 g/mol. The van der Waals surface area contributed by atoms with Crippen LogP contribution in [0.5, 0.6) is 0 Å². The lowest BCUT2D eigenvalue weighted by molar-refractivity contribution is -0.156. The predicted octanol–water partition coefficient (Wildman–Crippen LogP) is 4.09. The molecule has 0 bridgehead atoms. The molecule has 0 spiro atoms. The van der Waals surface area contributed by atoms with Gasteiger partial charge in [-0.1, -0.05) is 20.8 Å². The van der Waals surface area contributed by atoms with E-state index in [0.29, 0.717) is 0 Å². The van der Waals surface area contributed by atoms with Gasteiger partial charge in [-0.25, -0.2) is 0 Å². The van der Waals surface area contributed by atoms with Crippen LogP contribution in [0.15, 0.2) is 0 Å². The summed E-state index contributed by atoms with van der Waals surface area (Å²) < 4.78 is 11.6. The Balaban J connectivity index is 4.90. The summed E-state index contributed by atoms with van der Waals surface area (Å²) in [7, 11) is -2.02. The summed E-state index contributed by atoms with van der Waals surface area (Å²) >= 11 is 0. The molecule has 0 N–H and O–H groups in total. The van der Waals surface area contributed by atoms with Gasteiger partial charge < -0.3 is 9.16 Å². The van der Waals surface area contributed by atoms with Crippen LogP contribution >= 0.6 is 0 Å². The van der Waals surface area contributed by atoms with Gasteiger partial charge in [-0.15, -0.1) is 0 Å². The minimum absolute atomic E-state index is 0.0299. The van der Waals surface area contributed by atoms with Crippen LogP contribution in [-0.2, 0) is 18.8 Å². The smallest absolute Gasteiger partial charge is 0.308 e. The summed E-state index contributed by atoms with van der Waals surface area (Å²) in [6.45, 7) is 17.7. The number of carbonyl (C=O) groups is 2. The third-order valence-corrected chi connectivity index (χ3v) is 8.13. The first-order valence-corrected chi connectivity index (χ1v) is 10.4. The maximum absolute atomic E-state index is 12.0. The molecule has 0 aromatic heterocycles. The quantitative estimate of drug-likeness (QED) is 0.547. The van der Waals surface area contributed by atoms with Crippen molar-refractivity contribution >= 4 is 20.1 Å². The molecule has 4 nitrogen and oxygen atoms in total. The molecular formula is C16H32O4Si. The Bertz CT molecular complexity index is 375. The van der Waals surface area contributed by atoms with E-state index in [-0.39, 0.29) is 29.6 Å². The van der Waals surface area contributed by atoms with Gasteiger partial charge in [0.15, 0.2) is 8.32 Å². The molecule has 124 valence electrons. The Morgan fingerprint density at radius 1 is 1.00 bits per heavy atom. The second-order valence-electron chi connectivity index (χ2n) is 8.20. The fourth-order valence-corrected chi connectivity index (χ4v) is 2.99. The third-order valence-electron chi connectivity index (χ3n) is 3.60. The van der Waals surface area contributed by atoms with Crippen LogP contribution in [0.3, 0.4) is 0 Å². The van der Waals surface area contributed by atoms with E-state index < -0.39 is 20.0 Å². The zero-order valence-corrected chi connectivity index (χ0v) is 16.1. The molecule has 0 rings (SSSR count). The second-order valence-corrected chi connectivity index (χ2v) is 13.0. The van der Waals surface area contributed by atoms with E-state index in [1.54, 1.807) is 0 Å². The highest BCUT2D eigenvalue weighted by molar-refractivity contribution is 6.74. The van der Waals surface area contributed by atoms with Gasteiger partial charge in [-0.05, 0) is 45.8 Å². The summed E-state index contributed by atoms with van der Waals surface area (Å²) in [6.07, 6.45) is -0.00648. The number of rotatable bonds is 6. The molecule has 1 unspecified atom stereocenters. The molecule has 0 saturated carbocycles. The van der Waals surface area contributed by atoms with Gasteiger partial charge in [0, 0.05) is 6.42 Å². The van der Waals surface area contributed by atoms with Crippen LogP contribution in [0.1, 0.15) is 61.3 Å². The Labute approximate surface area is 130 Å². The van der Waals surface area contributed by atoms with E-state index in [1.807, 2.05) is 20.8 Å². The van der Waals surface area contributed by atoms with E-state index in [2.05, 4.69) is 33.9 Å². The topological polar surface area (TPSA) is 52.6 Å². The van der Waals surface area contributed by atoms with Crippen LogP contribution < -0.4 is 0 Å². The maximum Gasteiger partial charge on any atom is 0.308 e. The normalized spacial score (nSPS) is 14.7.